The van der Waals surface area contributed by atoms with Crippen LogP contribution in [-0.4, -0.2) is 48.1 Å². The van der Waals surface area contributed by atoms with Crippen LogP contribution in [0.5, 0.6) is 0 Å². The number of hydrogen-bond acceptors (Lipinski definition) is 5. The Morgan fingerprint density at radius 3 is 2.64 bits per heavy atom. The molecule has 0 N–H and O–H groups in total. The zero-order chi connectivity index (χ0) is 10.4. The van der Waals surface area contributed by atoms with Crippen LogP contribution in [0, 0.1) is 0 Å². The van der Waals surface area contributed by atoms with Gasteiger partial charge >= 0.3 is 5.97 Å². The monoisotopic (exact) mass is 195 g/mol. The smallest absolute Gasteiger partial charge is 0.376 e. The average molecular weight is 195 g/mol. The minimum Gasteiger partial charge on any atom is -0.458 e. The Balaban J connectivity index is 2.36. The first-order valence-electron chi connectivity index (χ1n) is 4.29. The van der Waals surface area contributed by atoms with Gasteiger partial charge in [-0.15, -0.1) is 0 Å². The summed E-state index contributed by atoms with van der Waals surface area (Å²) in [6.07, 6.45) is 3.02. The maximum atomic E-state index is 11.3. The van der Waals surface area contributed by atoms with Crippen LogP contribution in [-0.2, 0) is 4.74 Å². The van der Waals surface area contributed by atoms with Crippen molar-refractivity contribution in [3.05, 3.63) is 24.3 Å². The van der Waals surface area contributed by atoms with Gasteiger partial charge in [-0.25, -0.2) is 14.8 Å². The third-order valence-corrected chi connectivity index (χ3v) is 1.52. The van der Waals surface area contributed by atoms with E-state index in [1.54, 1.807) is 6.07 Å². The lowest BCUT2D eigenvalue weighted by Crippen LogP contribution is -2.20. The van der Waals surface area contributed by atoms with E-state index in [0.717, 1.165) is 0 Å². The van der Waals surface area contributed by atoms with Crippen molar-refractivity contribution in [2.45, 2.75) is 0 Å². The van der Waals surface area contributed by atoms with Crippen LogP contribution in [0.3, 0.4) is 0 Å². The van der Waals surface area contributed by atoms with Gasteiger partial charge < -0.3 is 9.64 Å². The topological polar surface area (TPSA) is 55.3 Å². The molecular formula is C9H13N3O2. The van der Waals surface area contributed by atoms with Crippen LogP contribution in [0.15, 0.2) is 18.5 Å². The molecule has 0 unspecified atom stereocenters. The van der Waals surface area contributed by atoms with Crippen LogP contribution in [0.25, 0.3) is 0 Å². The predicted molar refractivity (Wildman–Crippen MR) is 50.9 cm³/mol. The SMILES string of the molecule is CN(C)CCOC(=O)c1ncccn1. The van der Waals surface area contributed by atoms with Gasteiger partial charge in [0.15, 0.2) is 0 Å². The molecule has 0 radical (unpaired) electrons. The maximum absolute atomic E-state index is 11.3. The zero-order valence-corrected chi connectivity index (χ0v) is 8.30. The Bertz CT molecular complexity index is 287. The highest BCUT2D eigenvalue weighted by atomic mass is 16.5. The number of nitrogens with zero attached hydrogens (tertiary/aromatic N) is 3. The number of ether oxygens (including phenoxy) is 1. The molecule has 5 nitrogen and oxygen atoms in total. The molecule has 1 aromatic rings. The minimum atomic E-state index is -0.479. The fourth-order valence-electron chi connectivity index (χ4n) is 0.790. The molecule has 14 heavy (non-hydrogen) atoms. The summed E-state index contributed by atoms with van der Waals surface area (Å²) in [7, 11) is 3.82. The quantitative estimate of drug-likeness (QED) is 0.642. The molecular weight excluding hydrogens is 182 g/mol. The van der Waals surface area contributed by atoms with Crippen LogP contribution in [0.2, 0.25) is 0 Å². The third-order valence-electron chi connectivity index (χ3n) is 1.52. The Morgan fingerprint density at radius 2 is 2.07 bits per heavy atom. The fourth-order valence-corrected chi connectivity index (χ4v) is 0.790. The first kappa shape index (κ1) is 10.6. The number of carbonyl (C=O) groups excluding carboxylic acids is 1. The highest BCUT2D eigenvalue weighted by Gasteiger charge is 2.08. The Morgan fingerprint density at radius 1 is 1.43 bits per heavy atom. The molecule has 0 saturated carbocycles. The summed E-state index contributed by atoms with van der Waals surface area (Å²) in [5, 5.41) is 0. The molecule has 0 aliphatic carbocycles. The molecule has 0 aliphatic heterocycles. The first-order chi connectivity index (χ1) is 6.70. The normalized spacial score (nSPS) is 10.2. The molecule has 1 rings (SSSR count). The number of likely N-dealkylation sites (N-methyl/N-ethyl adjacent to an activating group) is 1. The van der Waals surface area contributed by atoms with Gasteiger partial charge in [-0.3, -0.25) is 0 Å². The Kier molecular flexibility index (Phi) is 4.00. The molecule has 5 heteroatoms. The summed E-state index contributed by atoms with van der Waals surface area (Å²) in [6.45, 7) is 1.04. The number of carbonyl (C=O) groups is 1. The van der Waals surface area contributed by atoms with Gasteiger partial charge in [-0.2, -0.15) is 0 Å². The van der Waals surface area contributed by atoms with E-state index in [1.165, 1.54) is 12.4 Å². The van der Waals surface area contributed by atoms with Gasteiger partial charge in [0, 0.05) is 18.9 Å². The lowest BCUT2D eigenvalue weighted by molar-refractivity contribution is 0.0467. The highest BCUT2D eigenvalue weighted by Crippen LogP contribution is 1.91. The Hall–Kier alpha value is -1.49. The summed E-state index contributed by atoms with van der Waals surface area (Å²) in [5.74, 6) is -0.376. The minimum absolute atomic E-state index is 0.103. The molecule has 76 valence electrons. The van der Waals surface area contributed by atoms with Gasteiger partial charge in [-0.1, -0.05) is 0 Å². The van der Waals surface area contributed by atoms with Crippen molar-refractivity contribution in [1.29, 1.82) is 0 Å². The van der Waals surface area contributed by atoms with Crippen molar-refractivity contribution >= 4 is 5.97 Å². The molecule has 0 bridgehead atoms. The summed E-state index contributed by atoms with van der Waals surface area (Å²) < 4.78 is 4.93. The van der Waals surface area contributed by atoms with Crippen molar-refractivity contribution in [2.75, 3.05) is 27.2 Å². The standard InChI is InChI=1S/C9H13N3O2/c1-12(2)6-7-14-9(13)8-10-4-3-5-11-8/h3-5H,6-7H2,1-2H3. The summed E-state index contributed by atoms with van der Waals surface area (Å²) >= 11 is 0. The number of rotatable bonds is 4. The second kappa shape index (κ2) is 5.29. The van der Waals surface area contributed by atoms with Crippen LogP contribution >= 0.6 is 0 Å². The zero-order valence-electron chi connectivity index (χ0n) is 8.30. The Labute approximate surface area is 82.7 Å². The molecule has 1 aromatic heterocycles. The number of hydrogen-bond donors (Lipinski definition) is 0. The second-order valence-corrected chi connectivity index (χ2v) is 3.01. The largest absolute Gasteiger partial charge is 0.458 e. The van der Waals surface area contributed by atoms with Gasteiger partial charge in [0.05, 0.1) is 0 Å². The van der Waals surface area contributed by atoms with Gasteiger partial charge in [-0.05, 0) is 20.2 Å². The molecule has 0 saturated heterocycles. The molecule has 0 spiro atoms. The average Bonchev–Trinajstić information content (AvgIpc) is 2.18. The molecule has 1 heterocycles. The van der Waals surface area contributed by atoms with Gasteiger partial charge in [0.1, 0.15) is 6.61 Å². The molecule has 0 aliphatic rings. The van der Waals surface area contributed by atoms with E-state index >= 15 is 0 Å². The number of aromatic nitrogens is 2. The van der Waals surface area contributed by atoms with Crippen molar-refractivity contribution in [3.8, 4) is 0 Å². The molecule has 0 aromatic carbocycles. The van der Waals surface area contributed by atoms with Crippen LogP contribution < -0.4 is 0 Å². The highest BCUT2D eigenvalue weighted by molar-refractivity contribution is 5.84. The van der Waals surface area contributed by atoms with Crippen molar-refractivity contribution in [3.63, 3.8) is 0 Å². The molecule has 0 amide bonds. The van der Waals surface area contributed by atoms with Crippen molar-refractivity contribution in [2.24, 2.45) is 0 Å². The first-order valence-corrected chi connectivity index (χ1v) is 4.29. The second-order valence-electron chi connectivity index (χ2n) is 3.01. The van der Waals surface area contributed by atoms with Crippen LogP contribution in [0.4, 0.5) is 0 Å². The fraction of sp³-hybridized carbons (Fsp3) is 0.444. The lowest BCUT2D eigenvalue weighted by Gasteiger charge is -2.08. The van der Waals surface area contributed by atoms with E-state index in [0.29, 0.717) is 13.2 Å². The summed E-state index contributed by atoms with van der Waals surface area (Å²) in [6, 6.07) is 1.65. The van der Waals surface area contributed by atoms with Crippen LogP contribution in [0.1, 0.15) is 10.6 Å². The van der Waals surface area contributed by atoms with E-state index in [1.807, 2.05) is 19.0 Å². The third kappa shape index (κ3) is 3.49. The van der Waals surface area contributed by atoms with E-state index in [2.05, 4.69) is 9.97 Å². The van der Waals surface area contributed by atoms with Crippen molar-refractivity contribution < 1.29 is 9.53 Å². The predicted octanol–water partition coefficient (Wildman–Crippen LogP) is 0.195. The lowest BCUT2D eigenvalue weighted by atomic mass is 10.5. The van der Waals surface area contributed by atoms with Gasteiger partial charge in [0.25, 0.3) is 0 Å². The van der Waals surface area contributed by atoms with Gasteiger partial charge in [0.2, 0.25) is 5.82 Å². The summed E-state index contributed by atoms with van der Waals surface area (Å²) in [4.78, 5) is 20.7. The maximum Gasteiger partial charge on any atom is 0.376 e. The molecule has 0 atom stereocenters. The van der Waals surface area contributed by atoms with E-state index in [9.17, 15) is 4.79 Å². The van der Waals surface area contributed by atoms with E-state index in [4.69, 9.17) is 4.74 Å². The van der Waals surface area contributed by atoms with E-state index in [-0.39, 0.29) is 5.82 Å². The summed E-state index contributed by atoms with van der Waals surface area (Å²) in [5.41, 5.74) is 0. The van der Waals surface area contributed by atoms with Crippen molar-refractivity contribution in [1.82, 2.24) is 14.9 Å². The van der Waals surface area contributed by atoms with E-state index < -0.39 is 5.97 Å². The molecule has 0 fully saturated rings. The number of esters is 1.